The Labute approximate surface area is 191 Å². The third-order valence-corrected chi connectivity index (χ3v) is 6.57. The number of para-hydroxylation sites is 1. The van der Waals surface area contributed by atoms with Crippen LogP contribution in [-0.2, 0) is 12.2 Å². The van der Waals surface area contributed by atoms with Gasteiger partial charge in [0.05, 0.1) is 5.75 Å². The summed E-state index contributed by atoms with van der Waals surface area (Å²) in [4.78, 5) is 5.74. The molecule has 31 heavy (non-hydrogen) atoms. The molecular weight excluding hydrogens is 450 g/mol. The van der Waals surface area contributed by atoms with E-state index >= 15 is 0 Å². The van der Waals surface area contributed by atoms with Gasteiger partial charge in [-0.3, -0.25) is 4.57 Å². The van der Waals surface area contributed by atoms with E-state index in [-0.39, 0.29) is 0 Å². The van der Waals surface area contributed by atoms with Crippen molar-refractivity contribution in [1.29, 1.82) is 0 Å². The van der Waals surface area contributed by atoms with Crippen LogP contribution < -0.4 is 0 Å². The van der Waals surface area contributed by atoms with Crippen LogP contribution in [0.25, 0.3) is 17.1 Å². The molecule has 0 spiro atoms. The van der Waals surface area contributed by atoms with Gasteiger partial charge in [0.1, 0.15) is 5.82 Å². The summed E-state index contributed by atoms with van der Waals surface area (Å²) >= 11 is 9.19. The molecule has 0 amide bonds. The van der Waals surface area contributed by atoms with Crippen LogP contribution in [0.1, 0.15) is 16.5 Å². The van der Waals surface area contributed by atoms with Crippen LogP contribution in [0.15, 0.2) is 81.8 Å². The maximum atomic E-state index is 5.95. The van der Waals surface area contributed by atoms with Gasteiger partial charge in [-0.25, -0.2) is 0 Å². The van der Waals surface area contributed by atoms with Crippen LogP contribution in [0.5, 0.6) is 0 Å². The van der Waals surface area contributed by atoms with Crippen LogP contribution in [0, 0.1) is 0 Å². The molecule has 0 aliphatic rings. The summed E-state index contributed by atoms with van der Waals surface area (Å²) in [6, 6.07) is 21.6. The lowest BCUT2D eigenvalue weighted by Crippen LogP contribution is -2.03. The second-order valence-corrected chi connectivity index (χ2v) is 9.05. The molecule has 154 valence electrons. The fourth-order valence-electron chi connectivity index (χ4n) is 3.07. The lowest BCUT2D eigenvalue weighted by molar-refractivity contribution is 0.425. The molecule has 0 saturated carbocycles. The van der Waals surface area contributed by atoms with Gasteiger partial charge in [0.2, 0.25) is 0 Å². The molecule has 3 heterocycles. The number of halogens is 1. The van der Waals surface area contributed by atoms with E-state index in [1.807, 2.05) is 36.4 Å². The summed E-state index contributed by atoms with van der Waals surface area (Å²) in [6.45, 7) is 0. The van der Waals surface area contributed by atoms with E-state index in [1.54, 1.807) is 23.5 Å². The maximum Gasteiger partial charge on any atom is 0.257 e. The molecule has 0 aliphatic heterocycles. The Kier molecular flexibility index (Phi) is 5.84. The number of rotatable bonds is 7. The standard InChI is InChI=1S/C22H16ClN5OS2/c23-16-10-8-15(9-11-16)21-24-19(27-29-21)14-31-22-26-25-20(13-18-7-4-12-30-18)28(22)17-5-2-1-3-6-17/h1-12H,13-14H2. The van der Waals surface area contributed by atoms with Gasteiger partial charge in [-0.2, -0.15) is 4.98 Å². The maximum absolute atomic E-state index is 5.95. The first kappa shape index (κ1) is 20.0. The second-order valence-electron chi connectivity index (χ2n) is 6.64. The smallest absolute Gasteiger partial charge is 0.257 e. The molecule has 5 aromatic rings. The number of hydrogen-bond acceptors (Lipinski definition) is 7. The molecule has 0 radical (unpaired) electrons. The predicted molar refractivity (Wildman–Crippen MR) is 123 cm³/mol. The molecule has 0 aliphatic carbocycles. The molecule has 0 fully saturated rings. The number of nitrogens with zero attached hydrogens (tertiary/aromatic N) is 5. The predicted octanol–water partition coefficient (Wildman–Crippen LogP) is 5.92. The lowest BCUT2D eigenvalue weighted by Gasteiger charge is -2.09. The van der Waals surface area contributed by atoms with Crippen molar-refractivity contribution in [1.82, 2.24) is 24.9 Å². The monoisotopic (exact) mass is 465 g/mol. The van der Waals surface area contributed by atoms with Crippen LogP contribution in [-0.4, -0.2) is 24.9 Å². The van der Waals surface area contributed by atoms with Crippen molar-refractivity contribution >= 4 is 34.7 Å². The van der Waals surface area contributed by atoms with E-state index in [1.165, 1.54) is 16.6 Å². The highest BCUT2D eigenvalue weighted by atomic mass is 35.5. The summed E-state index contributed by atoms with van der Waals surface area (Å²) in [5, 5.41) is 16.5. The van der Waals surface area contributed by atoms with Gasteiger partial charge in [0.25, 0.3) is 5.89 Å². The van der Waals surface area contributed by atoms with Gasteiger partial charge in [-0.05, 0) is 47.8 Å². The van der Waals surface area contributed by atoms with Gasteiger partial charge in [-0.1, -0.05) is 52.8 Å². The molecule has 5 rings (SSSR count). The largest absolute Gasteiger partial charge is 0.334 e. The molecule has 0 saturated heterocycles. The SMILES string of the molecule is Clc1ccc(-c2nc(CSc3nnc(Cc4cccs4)n3-c3ccccc3)no2)cc1. The average Bonchev–Trinajstić information content (AvgIpc) is 3.55. The number of aromatic nitrogens is 5. The van der Waals surface area contributed by atoms with Gasteiger partial charge < -0.3 is 4.52 Å². The Balaban J connectivity index is 1.38. The molecular formula is C22H16ClN5OS2. The summed E-state index contributed by atoms with van der Waals surface area (Å²) in [5.41, 5.74) is 1.86. The minimum absolute atomic E-state index is 0.468. The molecule has 3 aromatic heterocycles. The summed E-state index contributed by atoms with van der Waals surface area (Å²) < 4.78 is 7.50. The number of benzene rings is 2. The lowest BCUT2D eigenvalue weighted by atomic mass is 10.2. The van der Waals surface area contributed by atoms with Crippen molar-refractivity contribution in [2.24, 2.45) is 0 Å². The molecule has 6 nitrogen and oxygen atoms in total. The normalized spacial score (nSPS) is 11.1. The fraction of sp³-hybridized carbons (Fsp3) is 0.0909. The Morgan fingerprint density at radius 1 is 0.968 bits per heavy atom. The topological polar surface area (TPSA) is 69.6 Å². The van der Waals surface area contributed by atoms with E-state index in [0.29, 0.717) is 22.5 Å². The zero-order valence-electron chi connectivity index (χ0n) is 16.2. The summed E-state index contributed by atoms with van der Waals surface area (Å²) in [7, 11) is 0. The fourth-order valence-corrected chi connectivity index (χ4v) is 4.71. The van der Waals surface area contributed by atoms with E-state index in [9.17, 15) is 0 Å². The zero-order chi connectivity index (χ0) is 21.0. The third kappa shape index (κ3) is 4.56. The average molecular weight is 466 g/mol. The number of hydrogen-bond donors (Lipinski definition) is 0. The van der Waals surface area contributed by atoms with Crippen LogP contribution in [0.4, 0.5) is 0 Å². The van der Waals surface area contributed by atoms with Gasteiger partial charge >= 0.3 is 0 Å². The second kappa shape index (κ2) is 9.05. The van der Waals surface area contributed by atoms with Gasteiger partial charge in [0.15, 0.2) is 11.0 Å². The Morgan fingerprint density at radius 2 is 1.81 bits per heavy atom. The van der Waals surface area contributed by atoms with Crippen molar-refractivity contribution in [3.63, 3.8) is 0 Å². The highest BCUT2D eigenvalue weighted by Crippen LogP contribution is 2.27. The van der Waals surface area contributed by atoms with Gasteiger partial charge in [0, 0.05) is 27.6 Å². The van der Waals surface area contributed by atoms with E-state index < -0.39 is 0 Å². The van der Waals surface area contributed by atoms with E-state index in [2.05, 4.69) is 48.5 Å². The molecule has 9 heteroatoms. The molecule has 0 bridgehead atoms. The van der Waals surface area contributed by atoms with Crippen LogP contribution >= 0.6 is 34.7 Å². The number of thioether (sulfide) groups is 1. The van der Waals surface area contributed by atoms with Crippen molar-refractivity contribution < 1.29 is 4.52 Å². The minimum atomic E-state index is 0.468. The molecule has 0 unspecified atom stereocenters. The Bertz CT molecular complexity index is 1270. The quantitative estimate of drug-likeness (QED) is 0.278. The summed E-state index contributed by atoms with van der Waals surface area (Å²) in [5.74, 6) is 2.47. The molecule has 0 N–H and O–H groups in total. The number of thiophene rings is 1. The minimum Gasteiger partial charge on any atom is -0.334 e. The van der Waals surface area contributed by atoms with Crippen LogP contribution in [0.2, 0.25) is 5.02 Å². The van der Waals surface area contributed by atoms with Crippen molar-refractivity contribution in [2.75, 3.05) is 0 Å². The summed E-state index contributed by atoms with van der Waals surface area (Å²) in [6.07, 6.45) is 0.725. The molecule has 2 aromatic carbocycles. The zero-order valence-corrected chi connectivity index (χ0v) is 18.6. The Morgan fingerprint density at radius 3 is 2.58 bits per heavy atom. The van der Waals surface area contributed by atoms with Crippen LogP contribution in [0.3, 0.4) is 0 Å². The molecule has 0 atom stereocenters. The first-order chi connectivity index (χ1) is 15.3. The van der Waals surface area contributed by atoms with E-state index in [0.717, 1.165) is 28.7 Å². The third-order valence-electron chi connectivity index (χ3n) is 4.52. The highest BCUT2D eigenvalue weighted by Gasteiger charge is 2.17. The first-order valence-electron chi connectivity index (χ1n) is 9.50. The van der Waals surface area contributed by atoms with E-state index in [4.69, 9.17) is 16.1 Å². The highest BCUT2D eigenvalue weighted by molar-refractivity contribution is 7.98. The van der Waals surface area contributed by atoms with Crippen molar-refractivity contribution in [2.45, 2.75) is 17.3 Å². The van der Waals surface area contributed by atoms with Gasteiger partial charge in [-0.15, -0.1) is 21.5 Å². The Hall–Kier alpha value is -2.94. The first-order valence-corrected chi connectivity index (χ1v) is 11.7. The van der Waals surface area contributed by atoms with Crippen molar-refractivity contribution in [3.05, 3.63) is 93.7 Å². The van der Waals surface area contributed by atoms with Crippen molar-refractivity contribution in [3.8, 4) is 17.1 Å².